The first-order valence-electron chi connectivity index (χ1n) is 4.88. The van der Waals surface area contributed by atoms with Crippen molar-refractivity contribution in [3.8, 4) is 5.75 Å². The summed E-state index contributed by atoms with van der Waals surface area (Å²) in [5.41, 5.74) is -0.0579. The number of benzene rings is 1. The molecule has 0 fully saturated rings. The molecule has 1 aromatic heterocycles. The van der Waals surface area contributed by atoms with E-state index in [1.165, 1.54) is 25.3 Å². The fraction of sp³-hybridized carbons (Fsp3) is 0.167. The molecule has 88 valence electrons. The van der Waals surface area contributed by atoms with Crippen molar-refractivity contribution >= 4 is 16.9 Å². The van der Waals surface area contributed by atoms with Crippen LogP contribution >= 0.6 is 0 Å². The number of aryl methyl sites for hydroxylation is 1. The first-order chi connectivity index (χ1) is 8.02. The third-order valence-corrected chi connectivity index (χ3v) is 2.37. The third kappa shape index (κ3) is 1.87. The van der Waals surface area contributed by atoms with E-state index in [4.69, 9.17) is 4.42 Å². The topological polar surface area (TPSA) is 76.7 Å². The molecule has 2 aromatic rings. The molecule has 0 spiro atoms. The van der Waals surface area contributed by atoms with Crippen LogP contribution in [0.5, 0.6) is 5.75 Å². The third-order valence-electron chi connectivity index (χ3n) is 2.37. The smallest absolute Gasteiger partial charge is 0.341 e. The lowest BCUT2D eigenvalue weighted by atomic mass is 10.1. The number of aromatic hydroxyl groups is 1. The monoisotopic (exact) mass is 234 g/mol. The molecule has 1 aromatic carbocycles. The molecule has 0 aliphatic rings. The van der Waals surface area contributed by atoms with Crippen molar-refractivity contribution in [2.45, 2.75) is 6.92 Å². The molecule has 0 atom stereocenters. The van der Waals surface area contributed by atoms with Crippen LogP contribution in [0.4, 0.5) is 0 Å². The van der Waals surface area contributed by atoms with Gasteiger partial charge in [0.15, 0.2) is 5.43 Å². The largest absolute Gasteiger partial charge is 0.507 e. The number of hydrogen-bond acceptors (Lipinski definition) is 5. The summed E-state index contributed by atoms with van der Waals surface area (Å²) in [4.78, 5) is 23.0. The minimum Gasteiger partial charge on any atom is -0.507 e. The lowest BCUT2D eigenvalue weighted by Crippen LogP contribution is -2.05. The summed E-state index contributed by atoms with van der Waals surface area (Å²) in [6, 6.07) is 3.82. The highest BCUT2D eigenvalue weighted by atomic mass is 16.5. The van der Waals surface area contributed by atoms with Crippen LogP contribution in [0.15, 0.2) is 27.4 Å². The Morgan fingerprint density at radius 2 is 2.06 bits per heavy atom. The summed E-state index contributed by atoms with van der Waals surface area (Å²) in [6.07, 6.45) is 0. The zero-order chi connectivity index (χ0) is 12.6. The normalized spacial score (nSPS) is 10.5. The number of fused-ring (bicyclic) bond motifs is 1. The van der Waals surface area contributed by atoms with Crippen LogP contribution in [-0.2, 0) is 4.74 Å². The maximum absolute atomic E-state index is 11.6. The highest BCUT2D eigenvalue weighted by Crippen LogP contribution is 2.24. The minimum absolute atomic E-state index is 0.0336. The van der Waals surface area contributed by atoms with E-state index in [0.29, 0.717) is 5.76 Å². The van der Waals surface area contributed by atoms with E-state index in [1.807, 2.05) is 0 Å². The summed E-state index contributed by atoms with van der Waals surface area (Å²) < 4.78 is 9.82. The summed E-state index contributed by atoms with van der Waals surface area (Å²) in [6.45, 7) is 1.63. The van der Waals surface area contributed by atoms with Crippen molar-refractivity contribution < 1.29 is 19.1 Å². The number of phenolic OH excluding ortho intramolecular Hbond substituents is 1. The average Bonchev–Trinajstić information content (AvgIpc) is 2.28. The van der Waals surface area contributed by atoms with Gasteiger partial charge in [-0.2, -0.15) is 0 Å². The zero-order valence-electron chi connectivity index (χ0n) is 9.31. The summed E-state index contributed by atoms with van der Waals surface area (Å²) >= 11 is 0. The van der Waals surface area contributed by atoms with Gasteiger partial charge in [0.2, 0.25) is 0 Å². The Hall–Kier alpha value is -2.30. The molecule has 1 N–H and O–H groups in total. The van der Waals surface area contributed by atoms with Crippen molar-refractivity contribution in [1.29, 1.82) is 0 Å². The molecule has 0 aliphatic heterocycles. The van der Waals surface area contributed by atoms with Crippen molar-refractivity contribution in [1.82, 2.24) is 0 Å². The van der Waals surface area contributed by atoms with Crippen LogP contribution in [0.3, 0.4) is 0 Å². The van der Waals surface area contributed by atoms with Gasteiger partial charge in [-0.15, -0.1) is 0 Å². The summed E-state index contributed by atoms with van der Waals surface area (Å²) in [7, 11) is 1.21. The second kappa shape index (κ2) is 3.93. The van der Waals surface area contributed by atoms with E-state index in [9.17, 15) is 14.7 Å². The molecule has 1 heterocycles. The number of esters is 1. The molecule has 0 bridgehead atoms. The highest BCUT2D eigenvalue weighted by Gasteiger charge is 2.15. The van der Waals surface area contributed by atoms with Crippen LogP contribution in [0.25, 0.3) is 11.0 Å². The number of carbonyl (C=O) groups is 1. The van der Waals surface area contributed by atoms with Crippen molar-refractivity contribution in [2.75, 3.05) is 7.11 Å². The van der Waals surface area contributed by atoms with E-state index >= 15 is 0 Å². The number of hydrogen-bond donors (Lipinski definition) is 1. The van der Waals surface area contributed by atoms with Crippen LogP contribution in [0.2, 0.25) is 0 Å². The fourth-order valence-corrected chi connectivity index (χ4v) is 1.58. The second-order valence-electron chi connectivity index (χ2n) is 3.58. The quantitative estimate of drug-likeness (QED) is 0.758. The Balaban J connectivity index is 2.80. The van der Waals surface area contributed by atoms with E-state index in [2.05, 4.69) is 4.74 Å². The second-order valence-corrected chi connectivity index (χ2v) is 3.58. The fourth-order valence-electron chi connectivity index (χ4n) is 1.58. The molecule has 0 saturated heterocycles. The van der Waals surface area contributed by atoms with Gasteiger partial charge >= 0.3 is 5.97 Å². The lowest BCUT2D eigenvalue weighted by Gasteiger charge is -2.04. The molecule has 0 saturated carbocycles. The summed E-state index contributed by atoms with van der Waals surface area (Å²) in [5.74, 6) is -0.557. The maximum Gasteiger partial charge on any atom is 0.341 e. The molecule has 0 unspecified atom stereocenters. The van der Waals surface area contributed by atoms with E-state index in [-0.39, 0.29) is 27.7 Å². The van der Waals surface area contributed by atoms with Gasteiger partial charge in [-0.05, 0) is 19.1 Å². The van der Waals surface area contributed by atoms with Gasteiger partial charge in [0.1, 0.15) is 22.7 Å². The average molecular weight is 234 g/mol. The van der Waals surface area contributed by atoms with Gasteiger partial charge in [-0.3, -0.25) is 4.79 Å². The Kier molecular flexibility index (Phi) is 2.59. The van der Waals surface area contributed by atoms with Gasteiger partial charge in [-0.25, -0.2) is 4.79 Å². The Labute approximate surface area is 96.2 Å². The number of rotatable bonds is 1. The lowest BCUT2D eigenvalue weighted by molar-refractivity contribution is 0.0597. The molecule has 2 rings (SSSR count). The molecule has 0 radical (unpaired) electrons. The number of methoxy groups -OCH3 is 1. The first kappa shape index (κ1) is 11.2. The van der Waals surface area contributed by atoms with E-state index in [0.717, 1.165) is 0 Å². The Morgan fingerprint density at radius 3 is 2.71 bits per heavy atom. The zero-order valence-corrected chi connectivity index (χ0v) is 9.31. The highest BCUT2D eigenvalue weighted by molar-refractivity contribution is 5.96. The number of carbonyl (C=O) groups excluding carboxylic acids is 1. The predicted octanol–water partition coefficient (Wildman–Crippen LogP) is 1.59. The standard InChI is InChI=1S/C12H10O5/c1-6-3-9(13)7-4-10(14)8(12(15)16-2)5-11(7)17-6/h3-5,14H,1-2H3. The summed E-state index contributed by atoms with van der Waals surface area (Å²) in [5, 5.41) is 9.85. The molecule has 5 nitrogen and oxygen atoms in total. The van der Waals surface area contributed by atoms with Gasteiger partial charge in [0.25, 0.3) is 0 Å². The number of phenols is 1. The molecular formula is C12H10O5. The van der Waals surface area contributed by atoms with Crippen molar-refractivity contribution in [3.63, 3.8) is 0 Å². The van der Waals surface area contributed by atoms with Crippen LogP contribution in [-0.4, -0.2) is 18.2 Å². The van der Waals surface area contributed by atoms with Crippen molar-refractivity contribution in [3.05, 3.63) is 39.7 Å². The SMILES string of the molecule is COC(=O)c1cc2oc(C)cc(=O)c2cc1O. The maximum atomic E-state index is 11.6. The minimum atomic E-state index is -0.687. The molecule has 17 heavy (non-hydrogen) atoms. The Bertz CT molecular complexity index is 654. The van der Waals surface area contributed by atoms with Gasteiger partial charge in [-0.1, -0.05) is 0 Å². The molecule has 0 aliphatic carbocycles. The Morgan fingerprint density at radius 1 is 1.35 bits per heavy atom. The van der Waals surface area contributed by atoms with Gasteiger partial charge in [0.05, 0.1) is 12.5 Å². The van der Waals surface area contributed by atoms with Crippen LogP contribution in [0, 0.1) is 6.92 Å². The van der Waals surface area contributed by atoms with E-state index in [1.54, 1.807) is 6.92 Å². The van der Waals surface area contributed by atoms with Gasteiger partial charge in [0, 0.05) is 6.07 Å². The van der Waals surface area contributed by atoms with Crippen LogP contribution in [0.1, 0.15) is 16.1 Å². The molecular weight excluding hydrogens is 224 g/mol. The van der Waals surface area contributed by atoms with Crippen LogP contribution < -0.4 is 5.43 Å². The predicted molar refractivity (Wildman–Crippen MR) is 60.2 cm³/mol. The number of ether oxygens (including phenoxy) is 1. The van der Waals surface area contributed by atoms with Crippen molar-refractivity contribution in [2.24, 2.45) is 0 Å². The van der Waals surface area contributed by atoms with Gasteiger partial charge < -0.3 is 14.3 Å². The first-order valence-corrected chi connectivity index (χ1v) is 4.88. The molecule has 0 amide bonds. The van der Waals surface area contributed by atoms with E-state index < -0.39 is 5.97 Å². The molecule has 5 heteroatoms.